The molecule has 2 aromatic rings. The van der Waals surface area contributed by atoms with Crippen molar-refractivity contribution in [1.82, 2.24) is 5.32 Å². The van der Waals surface area contributed by atoms with Crippen LogP contribution in [0, 0.1) is 5.82 Å². The molecule has 5 nitrogen and oxygen atoms in total. The van der Waals surface area contributed by atoms with Gasteiger partial charge in [-0.15, -0.1) is 0 Å². The van der Waals surface area contributed by atoms with Crippen LogP contribution < -0.4 is 10.2 Å². The zero-order valence-corrected chi connectivity index (χ0v) is 13.7. The van der Waals surface area contributed by atoms with Crippen LogP contribution in [-0.2, 0) is 9.59 Å². The number of nitrogens with one attached hydrogen (secondary N) is 1. The number of urea groups is 1. The van der Waals surface area contributed by atoms with E-state index >= 15 is 0 Å². The third kappa shape index (κ3) is 3.11. The van der Waals surface area contributed by atoms with Crippen LogP contribution in [0.2, 0.25) is 0 Å². The zero-order valence-electron chi connectivity index (χ0n) is 12.1. The Morgan fingerprint density at radius 1 is 1.04 bits per heavy atom. The van der Waals surface area contributed by atoms with Gasteiger partial charge in [0.2, 0.25) is 0 Å². The molecule has 1 saturated heterocycles. The SMILES string of the molecule is O=C1NC(=O)N(c2cccc(Br)c2)C(=O)C1=Cc1ccc(F)cc1. The lowest BCUT2D eigenvalue weighted by atomic mass is 10.1. The monoisotopic (exact) mass is 388 g/mol. The van der Waals surface area contributed by atoms with Gasteiger partial charge in [-0.3, -0.25) is 14.9 Å². The minimum absolute atomic E-state index is 0.207. The van der Waals surface area contributed by atoms with Gasteiger partial charge in [0.1, 0.15) is 11.4 Å². The van der Waals surface area contributed by atoms with Gasteiger partial charge >= 0.3 is 6.03 Å². The normalized spacial score (nSPS) is 16.5. The van der Waals surface area contributed by atoms with Crippen LogP contribution in [0.15, 0.2) is 58.6 Å². The summed E-state index contributed by atoms with van der Waals surface area (Å²) in [7, 11) is 0. The van der Waals surface area contributed by atoms with Gasteiger partial charge in [0.15, 0.2) is 0 Å². The molecule has 1 aliphatic rings. The molecule has 0 radical (unpaired) electrons. The average Bonchev–Trinajstić information content (AvgIpc) is 2.53. The molecule has 4 amide bonds. The maximum atomic E-state index is 13.0. The van der Waals surface area contributed by atoms with Crippen LogP contribution in [0.3, 0.4) is 0 Å². The number of benzene rings is 2. The summed E-state index contributed by atoms with van der Waals surface area (Å²) in [6, 6.07) is 11.1. The fourth-order valence-electron chi connectivity index (χ4n) is 2.23. The number of amides is 4. The van der Waals surface area contributed by atoms with Crippen LogP contribution in [0.25, 0.3) is 6.08 Å². The van der Waals surface area contributed by atoms with Crippen molar-refractivity contribution in [2.24, 2.45) is 0 Å². The third-order valence-corrected chi connectivity index (χ3v) is 3.84. The number of hydrogen-bond acceptors (Lipinski definition) is 3. The van der Waals surface area contributed by atoms with Gasteiger partial charge in [-0.2, -0.15) is 0 Å². The largest absolute Gasteiger partial charge is 0.335 e. The van der Waals surface area contributed by atoms with Crippen molar-refractivity contribution in [1.29, 1.82) is 0 Å². The molecule has 0 aliphatic carbocycles. The van der Waals surface area contributed by atoms with E-state index in [-0.39, 0.29) is 5.57 Å². The highest BCUT2D eigenvalue weighted by atomic mass is 79.9. The molecule has 0 aromatic heterocycles. The second kappa shape index (κ2) is 6.37. The lowest BCUT2D eigenvalue weighted by Crippen LogP contribution is -2.54. The van der Waals surface area contributed by atoms with Crippen molar-refractivity contribution in [3.8, 4) is 0 Å². The van der Waals surface area contributed by atoms with E-state index in [9.17, 15) is 18.8 Å². The molecular formula is C17H10BrFN2O3. The standard InChI is InChI=1S/C17H10BrFN2O3/c18-11-2-1-3-13(9-11)21-16(23)14(15(22)20-17(21)24)8-10-4-6-12(19)7-5-10/h1-9H,(H,20,22,24). The number of rotatable bonds is 2. The number of nitrogens with zero attached hydrogens (tertiary/aromatic N) is 1. The van der Waals surface area contributed by atoms with E-state index in [0.29, 0.717) is 15.7 Å². The summed E-state index contributed by atoms with van der Waals surface area (Å²) in [5, 5.41) is 2.13. The molecule has 0 saturated carbocycles. The predicted molar refractivity (Wildman–Crippen MR) is 89.5 cm³/mol. The van der Waals surface area contributed by atoms with Gasteiger partial charge in [-0.05, 0) is 42.0 Å². The van der Waals surface area contributed by atoms with Crippen LogP contribution in [-0.4, -0.2) is 17.8 Å². The molecule has 1 fully saturated rings. The number of imide groups is 2. The van der Waals surface area contributed by atoms with Crippen molar-refractivity contribution in [2.45, 2.75) is 0 Å². The molecule has 7 heteroatoms. The molecule has 2 aromatic carbocycles. The van der Waals surface area contributed by atoms with Crippen LogP contribution in [0.4, 0.5) is 14.9 Å². The maximum Gasteiger partial charge on any atom is 0.335 e. The maximum absolute atomic E-state index is 13.0. The van der Waals surface area contributed by atoms with E-state index in [2.05, 4.69) is 21.2 Å². The van der Waals surface area contributed by atoms with E-state index in [1.807, 2.05) is 0 Å². The average molecular weight is 389 g/mol. The molecule has 3 rings (SSSR count). The van der Waals surface area contributed by atoms with Crippen LogP contribution in [0.5, 0.6) is 0 Å². The molecule has 1 N–H and O–H groups in total. The molecule has 120 valence electrons. The number of carbonyl (C=O) groups is 3. The lowest BCUT2D eigenvalue weighted by molar-refractivity contribution is -0.122. The Labute approximate surface area is 144 Å². The van der Waals surface area contributed by atoms with E-state index in [1.54, 1.807) is 24.3 Å². The first-order valence-corrected chi connectivity index (χ1v) is 7.67. The Morgan fingerprint density at radius 2 is 1.75 bits per heavy atom. The Hall–Kier alpha value is -2.80. The Kier molecular flexibility index (Phi) is 4.26. The first-order chi connectivity index (χ1) is 11.5. The molecule has 24 heavy (non-hydrogen) atoms. The summed E-state index contributed by atoms with van der Waals surface area (Å²) in [4.78, 5) is 37.5. The molecule has 1 aliphatic heterocycles. The van der Waals surface area contributed by atoms with Crippen LogP contribution >= 0.6 is 15.9 Å². The van der Waals surface area contributed by atoms with E-state index in [0.717, 1.165) is 4.90 Å². The highest BCUT2D eigenvalue weighted by molar-refractivity contribution is 9.10. The minimum atomic E-state index is -0.820. The van der Waals surface area contributed by atoms with Gasteiger partial charge in [0.25, 0.3) is 11.8 Å². The second-order valence-corrected chi connectivity index (χ2v) is 5.90. The van der Waals surface area contributed by atoms with Crippen molar-refractivity contribution in [2.75, 3.05) is 4.90 Å². The molecule has 0 bridgehead atoms. The summed E-state index contributed by atoms with van der Waals surface area (Å²) >= 11 is 3.27. The quantitative estimate of drug-likeness (QED) is 0.634. The molecular weight excluding hydrogens is 379 g/mol. The summed E-state index contributed by atoms with van der Waals surface area (Å²) in [6.45, 7) is 0. The Bertz CT molecular complexity index is 878. The topological polar surface area (TPSA) is 66.5 Å². The summed E-state index contributed by atoms with van der Waals surface area (Å²) in [5.41, 5.74) is 0.587. The smallest absolute Gasteiger partial charge is 0.273 e. The molecule has 1 heterocycles. The summed E-state index contributed by atoms with van der Waals surface area (Å²) < 4.78 is 13.6. The highest BCUT2D eigenvalue weighted by Gasteiger charge is 2.36. The summed E-state index contributed by atoms with van der Waals surface area (Å²) in [5.74, 6) is -1.96. The molecule has 0 spiro atoms. The second-order valence-electron chi connectivity index (χ2n) is 4.99. The molecule has 0 atom stereocenters. The number of barbiturate groups is 1. The number of hydrogen-bond donors (Lipinski definition) is 1. The zero-order chi connectivity index (χ0) is 17.3. The van der Waals surface area contributed by atoms with E-state index < -0.39 is 23.7 Å². The van der Waals surface area contributed by atoms with Gasteiger partial charge < -0.3 is 0 Å². The first-order valence-electron chi connectivity index (χ1n) is 6.88. The minimum Gasteiger partial charge on any atom is -0.273 e. The third-order valence-electron chi connectivity index (χ3n) is 3.35. The first kappa shape index (κ1) is 16.1. The highest BCUT2D eigenvalue weighted by Crippen LogP contribution is 2.24. The van der Waals surface area contributed by atoms with E-state index in [4.69, 9.17) is 0 Å². The predicted octanol–water partition coefficient (Wildman–Crippen LogP) is 3.25. The summed E-state index contributed by atoms with van der Waals surface area (Å²) in [6.07, 6.45) is 1.31. The lowest BCUT2D eigenvalue weighted by Gasteiger charge is -2.26. The van der Waals surface area contributed by atoms with Gasteiger partial charge in [0.05, 0.1) is 5.69 Å². The fourth-order valence-corrected chi connectivity index (χ4v) is 2.62. The van der Waals surface area contributed by atoms with E-state index in [1.165, 1.54) is 30.3 Å². The van der Waals surface area contributed by atoms with Crippen LogP contribution in [0.1, 0.15) is 5.56 Å². The van der Waals surface area contributed by atoms with Gasteiger partial charge in [-0.25, -0.2) is 14.1 Å². The fraction of sp³-hybridized carbons (Fsp3) is 0. The molecule has 0 unspecified atom stereocenters. The van der Waals surface area contributed by atoms with Crippen molar-refractivity contribution >= 4 is 45.5 Å². The number of halogens is 2. The van der Waals surface area contributed by atoms with Crippen molar-refractivity contribution in [3.63, 3.8) is 0 Å². The Morgan fingerprint density at radius 3 is 2.42 bits per heavy atom. The number of anilines is 1. The van der Waals surface area contributed by atoms with Gasteiger partial charge in [-0.1, -0.05) is 34.1 Å². The Balaban J connectivity index is 2.01. The van der Waals surface area contributed by atoms with Gasteiger partial charge in [0, 0.05) is 4.47 Å². The van der Waals surface area contributed by atoms with Crippen molar-refractivity contribution < 1.29 is 18.8 Å². The van der Waals surface area contributed by atoms with Crippen molar-refractivity contribution in [3.05, 3.63) is 70.0 Å². The number of carbonyl (C=O) groups excluding carboxylic acids is 3.